The molecule has 0 aromatic heterocycles. The van der Waals surface area contributed by atoms with Crippen molar-refractivity contribution in [3.05, 3.63) is 0 Å². The lowest BCUT2D eigenvalue weighted by molar-refractivity contribution is -0.309. The monoisotopic (exact) mass is 532 g/mol. The van der Waals surface area contributed by atoms with Crippen molar-refractivity contribution in [3.63, 3.8) is 0 Å². The number of carbonyl (C=O) groups is 1. The van der Waals surface area contributed by atoms with Crippen LogP contribution in [0.25, 0.3) is 0 Å². The molecule has 8 N–H and O–H groups in total. The second-order valence-electron chi connectivity index (χ2n) is 12.8. The van der Waals surface area contributed by atoms with Crippen LogP contribution >= 0.6 is 0 Å². The number of carboxylic acid groups (broad SMARTS) is 1. The highest BCUT2D eigenvalue weighted by Crippen LogP contribution is 2.66. The Hall–Kier alpha value is -0.890. The summed E-state index contributed by atoms with van der Waals surface area (Å²) < 4.78 is 10.9. The number of aliphatic hydroxyl groups excluding tert-OH is 6. The largest absolute Gasteiger partial charge is 0.481 e. The van der Waals surface area contributed by atoms with Crippen LogP contribution in [0.5, 0.6) is 0 Å². The van der Waals surface area contributed by atoms with Crippen molar-refractivity contribution in [2.24, 2.45) is 28.1 Å². The van der Waals surface area contributed by atoms with E-state index in [1.54, 1.807) is 13.8 Å². The summed E-state index contributed by atoms with van der Waals surface area (Å²) in [4.78, 5) is 12.3. The summed E-state index contributed by atoms with van der Waals surface area (Å²) in [6.45, 7) is 4.68. The van der Waals surface area contributed by atoms with Crippen LogP contribution in [0, 0.1) is 28.1 Å². The molecule has 3 aliphatic carbocycles. The molecule has 4 aliphatic rings. The van der Waals surface area contributed by atoms with Gasteiger partial charge >= 0.3 is 5.97 Å². The fraction of sp³-hybridized carbons (Fsp3) is 0.962. The third kappa shape index (κ3) is 4.54. The molecule has 0 aromatic rings. The lowest BCUT2D eigenvalue weighted by Crippen LogP contribution is -2.69. The van der Waals surface area contributed by atoms with Crippen molar-refractivity contribution in [3.8, 4) is 0 Å². The van der Waals surface area contributed by atoms with E-state index in [4.69, 9.17) is 9.47 Å². The average Bonchev–Trinajstić information content (AvgIpc) is 2.83. The molecule has 0 radical (unpaired) electrons. The van der Waals surface area contributed by atoms with Crippen molar-refractivity contribution in [2.45, 2.75) is 114 Å². The second kappa shape index (κ2) is 9.94. The van der Waals surface area contributed by atoms with E-state index in [1.807, 2.05) is 6.92 Å². The molecule has 0 spiro atoms. The number of aliphatic hydroxyl groups is 7. The Morgan fingerprint density at radius 3 is 2.32 bits per heavy atom. The summed E-state index contributed by atoms with van der Waals surface area (Å²) in [7, 11) is 0. The van der Waals surface area contributed by atoms with E-state index < -0.39 is 77.3 Å². The van der Waals surface area contributed by atoms with E-state index in [2.05, 4.69) is 0 Å². The number of fused-ring (bicyclic) bond motifs is 3. The van der Waals surface area contributed by atoms with Crippen LogP contribution in [0.3, 0.4) is 0 Å². The predicted molar refractivity (Wildman–Crippen MR) is 128 cm³/mol. The van der Waals surface area contributed by atoms with Gasteiger partial charge in [0.15, 0.2) is 6.29 Å². The van der Waals surface area contributed by atoms with Gasteiger partial charge < -0.3 is 50.3 Å². The molecule has 4 fully saturated rings. The molecule has 4 rings (SSSR count). The molecule has 11 heteroatoms. The molecule has 37 heavy (non-hydrogen) atoms. The quantitative estimate of drug-likeness (QED) is 0.217. The Kier molecular flexibility index (Phi) is 7.82. The molecule has 214 valence electrons. The lowest BCUT2D eigenvalue weighted by Gasteiger charge is -2.66. The highest BCUT2D eigenvalue weighted by molar-refractivity contribution is 5.75. The minimum absolute atomic E-state index is 0.0805. The maximum Gasteiger partial charge on any atom is 0.309 e. The predicted octanol–water partition coefficient (Wildman–Crippen LogP) is -0.637. The van der Waals surface area contributed by atoms with Gasteiger partial charge in [-0.05, 0) is 68.1 Å². The summed E-state index contributed by atoms with van der Waals surface area (Å²) >= 11 is 0. The van der Waals surface area contributed by atoms with Crippen LogP contribution in [0.1, 0.15) is 65.7 Å². The summed E-state index contributed by atoms with van der Waals surface area (Å²) in [5.41, 5.74) is -3.83. The number of carboxylic acids is 1. The number of ether oxygens (including phenoxy) is 2. The van der Waals surface area contributed by atoms with Gasteiger partial charge in [0.2, 0.25) is 0 Å². The zero-order valence-electron chi connectivity index (χ0n) is 21.9. The fourth-order valence-electron chi connectivity index (χ4n) is 8.25. The summed E-state index contributed by atoms with van der Waals surface area (Å²) in [6, 6.07) is 0. The number of hydrogen-bond acceptors (Lipinski definition) is 10. The van der Waals surface area contributed by atoms with Crippen LogP contribution in [-0.4, -0.2) is 109 Å². The van der Waals surface area contributed by atoms with Gasteiger partial charge in [-0.2, -0.15) is 0 Å². The van der Waals surface area contributed by atoms with Gasteiger partial charge in [0, 0.05) is 0 Å². The van der Waals surface area contributed by atoms with Crippen molar-refractivity contribution in [1.82, 2.24) is 0 Å². The van der Waals surface area contributed by atoms with Crippen molar-refractivity contribution in [2.75, 3.05) is 13.2 Å². The van der Waals surface area contributed by atoms with Gasteiger partial charge in [-0.15, -0.1) is 0 Å². The topological polar surface area (TPSA) is 197 Å². The van der Waals surface area contributed by atoms with E-state index in [0.29, 0.717) is 19.3 Å². The van der Waals surface area contributed by atoms with Gasteiger partial charge in [-0.3, -0.25) is 4.79 Å². The van der Waals surface area contributed by atoms with E-state index in [0.717, 1.165) is 12.8 Å². The maximum atomic E-state index is 12.3. The number of aliphatic carboxylic acids is 1. The molecule has 3 saturated carbocycles. The molecule has 0 amide bonds. The zero-order valence-corrected chi connectivity index (χ0v) is 21.9. The summed E-state index contributed by atoms with van der Waals surface area (Å²) in [5.74, 6) is -1.49. The van der Waals surface area contributed by atoms with Gasteiger partial charge in [0.1, 0.15) is 24.4 Å². The fourth-order valence-corrected chi connectivity index (χ4v) is 8.25. The van der Waals surface area contributed by atoms with Gasteiger partial charge in [0.25, 0.3) is 0 Å². The molecule has 1 aliphatic heterocycles. The minimum atomic E-state index is -1.60. The molecule has 0 bridgehead atoms. The van der Waals surface area contributed by atoms with Crippen molar-refractivity contribution in [1.29, 1.82) is 0 Å². The first-order valence-corrected chi connectivity index (χ1v) is 13.4. The Bertz CT molecular complexity index is 854. The standard InChI is InChI=1S/C26H44O11/c1-23(17(29)11-36-21-20(32)19(31)18(30)13(10-27)37-21)8-5-14-24(2)6-4-7-25(3,22(33)34)15(24)9-16(28)26(14,35)12-23/h13-21,27-32,35H,4-12H2,1-3H3,(H,33,34). The highest BCUT2D eigenvalue weighted by Gasteiger charge is 2.67. The van der Waals surface area contributed by atoms with Crippen molar-refractivity contribution >= 4 is 5.97 Å². The maximum absolute atomic E-state index is 12.3. The van der Waals surface area contributed by atoms with Crippen LogP contribution in [0.4, 0.5) is 0 Å². The third-order valence-electron chi connectivity index (χ3n) is 10.7. The molecule has 1 heterocycles. The molecule has 13 atom stereocenters. The normalized spacial score (nSPS) is 53.1. The minimum Gasteiger partial charge on any atom is -0.481 e. The van der Waals surface area contributed by atoms with Crippen LogP contribution < -0.4 is 0 Å². The molecule has 13 unspecified atom stereocenters. The van der Waals surface area contributed by atoms with E-state index >= 15 is 0 Å². The van der Waals surface area contributed by atoms with Crippen LogP contribution in [-0.2, 0) is 14.3 Å². The second-order valence-corrected chi connectivity index (χ2v) is 12.8. The lowest BCUT2D eigenvalue weighted by atomic mass is 9.41. The molecule has 1 saturated heterocycles. The summed E-state index contributed by atoms with van der Waals surface area (Å²) in [6.07, 6.45) is -6.25. The Morgan fingerprint density at radius 1 is 1.03 bits per heavy atom. The molecule has 11 nitrogen and oxygen atoms in total. The first-order chi connectivity index (χ1) is 17.1. The third-order valence-corrected chi connectivity index (χ3v) is 10.7. The first-order valence-electron chi connectivity index (χ1n) is 13.4. The molecular weight excluding hydrogens is 488 g/mol. The van der Waals surface area contributed by atoms with Gasteiger partial charge in [0.05, 0.1) is 36.4 Å². The van der Waals surface area contributed by atoms with E-state index in [1.165, 1.54) is 0 Å². The highest BCUT2D eigenvalue weighted by atomic mass is 16.7. The van der Waals surface area contributed by atoms with Gasteiger partial charge in [-0.1, -0.05) is 20.3 Å². The van der Waals surface area contributed by atoms with Crippen LogP contribution in [0.2, 0.25) is 0 Å². The summed E-state index contributed by atoms with van der Waals surface area (Å²) in [5, 5.41) is 83.9. The number of rotatable bonds is 6. The Labute approximate surface area is 217 Å². The zero-order chi connectivity index (χ0) is 27.6. The molecule has 0 aromatic carbocycles. The first kappa shape index (κ1) is 29.1. The van der Waals surface area contributed by atoms with Crippen LogP contribution in [0.15, 0.2) is 0 Å². The van der Waals surface area contributed by atoms with Gasteiger partial charge in [-0.25, -0.2) is 0 Å². The molecular formula is C26H44O11. The average molecular weight is 533 g/mol. The van der Waals surface area contributed by atoms with Crippen molar-refractivity contribution < 1.29 is 55.1 Å². The Balaban J connectivity index is 1.49. The van der Waals surface area contributed by atoms with E-state index in [-0.39, 0.29) is 31.3 Å². The SMILES string of the molecule is CC1(C(O)COC2OC(CO)C(O)C(O)C2O)CCC2C3(C)CCCC(C)(C(=O)O)C3CC(O)C2(O)C1. The van der Waals surface area contributed by atoms with E-state index in [9.17, 15) is 45.6 Å². The smallest absolute Gasteiger partial charge is 0.309 e. The number of hydrogen-bond donors (Lipinski definition) is 8. The Morgan fingerprint density at radius 2 is 1.70 bits per heavy atom.